The number of fused-ring (bicyclic) bond motifs is 1. The molecule has 0 bridgehead atoms. The highest BCUT2D eigenvalue weighted by Crippen LogP contribution is 2.30. The molecule has 1 atom stereocenters. The van der Waals surface area contributed by atoms with E-state index in [1.54, 1.807) is 34.1 Å². The lowest BCUT2D eigenvalue weighted by Gasteiger charge is -2.35. The Kier molecular flexibility index (Phi) is 4.42. The average Bonchev–Trinajstić information content (AvgIpc) is 3.07. The first-order chi connectivity index (χ1) is 12.6. The van der Waals surface area contributed by atoms with Gasteiger partial charge in [-0.2, -0.15) is 5.10 Å². The summed E-state index contributed by atoms with van der Waals surface area (Å²) in [5.74, 6) is -0.522. The number of morpholine rings is 1. The number of rotatable bonds is 2. The van der Waals surface area contributed by atoms with Gasteiger partial charge in [-0.25, -0.2) is 0 Å². The Labute approximate surface area is 151 Å². The van der Waals surface area contributed by atoms with E-state index in [2.05, 4.69) is 10.1 Å². The smallest absolute Gasteiger partial charge is 0.254 e. The fourth-order valence-corrected chi connectivity index (χ4v) is 3.58. The van der Waals surface area contributed by atoms with Crippen molar-refractivity contribution in [1.29, 1.82) is 0 Å². The molecule has 2 amide bonds. The van der Waals surface area contributed by atoms with E-state index in [0.29, 0.717) is 45.0 Å². The van der Waals surface area contributed by atoms with Crippen LogP contribution in [0.15, 0.2) is 30.7 Å². The van der Waals surface area contributed by atoms with E-state index in [4.69, 9.17) is 4.74 Å². The number of carbonyl (C=O) groups excluding carboxylic acids is 2. The zero-order chi connectivity index (χ0) is 18.1. The highest BCUT2D eigenvalue weighted by molar-refractivity contribution is 5.95. The fraction of sp³-hybridized carbons (Fsp3) is 0.444. The maximum atomic E-state index is 13.1. The van der Waals surface area contributed by atoms with Crippen LogP contribution in [-0.4, -0.2) is 69.2 Å². The molecule has 0 saturated carbocycles. The van der Waals surface area contributed by atoms with Gasteiger partial charge in [-0.1, -0.05) is 0 Å². The number of hydrogen-bond donors (Lipinski definition) is 0. The van der Waals surface area contributed by atoms with Crippen LogP contribution in [0, 0.1) is 0 Å². The highest BCUT2D eigenvalue weighted by Gasteiger charge is 2.37. The summed E-state index contributed by atoms with van der Waals surface area (Å²) in [4.78, 5) is 33.5. The van der Waals surface area contributed by atoms with Gasteiger partial charge in [-0.3, -0.25) is 19.3 Å². The van der Waals surface area contributed by atoms with Gasteiger partial charge in [0.25, 0.3) is 5.91 Å². The van der Waals surface area contributed by atoms with Gasteiger partial charge >= 0.3 is 0 Å². The first-order valence-electron chi connectivity index (χ1n) is 8.71. The Morgan fingerprint density at radius 1 is 1.15 bits per heavy atom. The van der Waals surface area contributed by atoms with Gasteiger partial charge in [-0.15, -0.1) is 0 Å². The molecular formula is C18H21N5O3. The number of nitrogens with zero attached hydrogens (tertiary/aromatic N) is 5. The molecule has 0 unspecified atom stereocenters. The van der Waals surface area contributed by atoms with E-state index < -0.39 is 5.92 Å². The van der Waals surface area contributed by atoms with Crippen LogP contribution in [0.1, 0.15) is 27.5 Å². The van der Waals surface area contributed by atoms with Crippen LogP contribution >= 0.6 is 0 Å². The number of aryl methyl sites for hydroxylation is 1. The van der Waals surface area contributed by atoms with Crippen molar-refractivity contribution in [3.05, 3.63) is 47.5 Å². The number of aromatic nitrogens is 3. The summed E-state index contributed by atoms with van der Waals surface area (Å²) in [6, 6.07) is 3.39. The van der Waals surface area contributed by atoms with Crippen molar-refractivity contribution in [2.24, 2.45) is 7.05 Å². The molecular weight excluding hydrogens is 334 g/mol. The molecule has 0 N–H and O–H groups in total. The standard InChI is InChI=1S/C18H21N5O3/c1-21-10-14-11-23(17(24)13-2-4-19-5-3-13)12-15(16(14)20-21)18(25)22-6-8-26-9-7-22/h2-5,10,15H,6-9,11-12H2,1H3/t15-/m1/s1. The quantitative estimate of drug-likeness (QED) is 0.780. The van der Waals surface area contributed by atoms with Crippen molar-refractivity contribution in [3.8, 4) is 0 Å². The van der Waals surface area contributed by atoms with Gasteiger partial charge < -0.3 is 14.5 Å². The van der Waals surface area contributed by atoms with Crippen LogP contribution in [-0.2, 0) is 23.1 Å². The molecule has 4 heterocycles. The molecule has 1 fully saturated rings. The molecule has 2 aromatic rings. The molecule has 8 heteroatoms. The second-order valence-corrected chi connectivity index (χ2v) is 6.63. The van der Waals surface area contributed by atoms with Crippen molar-refractivity contribution in [2.45, 2.75) is 12.5 Å². The van der Waals surface area contributed by atoms with Gasteiger partial charge in [0.1, 0.15) is 5.92 Å². The van der Waals surface area contributed by atoms with Gasteiger partial charge in [0.05, 0.1) is 18.9 Å². The molecule has 4 rings (SSSR count). The Balaban J connectivity index is 1.62. The van der Waals surface area contributed by atoms with Crippen molar-refractivity contribution in [1.82, 2.24) is 24.6 Å². The number of ether oxygens (including phenoxy) is 1. The third-order valence-corrected chi connectivity index (χ3v) is 4.87. The number of hydrogen-bond acceptors (Lipinski definition) is 5. The maximum absolute atomic E-state index is 13.1. The topological polar surface area (TPSA) is 80.6 Å². The van der Waals surface area contributed by atoms with Crippen LogP contribution < -0.4 is 0 Å². The van der Waals surface area contributed by atoms with E-state index in [9.17, 15) is 9.59 Å². The molecule has 0 spiro atoms. The minimum absolute atomic E-state index is 0.0143. The summed E-state index contributed by atoms with van der Waals surface area (Å²) >= 11 is 0. The average molecular weight is 355 g/mol. The van der Waals surface area contributed by atoms with Gasteiger partial charge in [0, 0.05) is 62.9 Å². The summed E-state index contributed by atoms with van der Waals surface area (Å²) in [6.07, 6.45) is 5.09. The lowest BCUT2D eigenvalue weighted by atomic mass is 9.94. The zero-order valence-corrected chi connectivity index (χ0v) is 14.7. The summed E-state index contributed by atoms with van der Waals surface area (Å²) < 4.78 is 7.06. The van der Waals surface area contributed by atoms with E-state index in [1.165, 1.54) is 0 Å². The summed E-state index contributed by atoms with van der Waals surface area (Å²) in [7, 11) is 1.84. The Morgan fingerprint density at radius 3 is 2.62 bits per heavy atom. The molecule has 0 radical (unpaired) electrons. The maximum Gasteiger partial charge on any atom is 0.254 e. The van der Waals surface area contributed by atoms with Crippen LogP contribution in [0.4, 0.5) is 0 Å². The van der Waals surface area contributed by atoms with Gasteiger partial charge in [0.2, 0.25) is 5.91 Å². The van der Waals surface area contributed by atoms with Crippen molar-refractivity contribution >= 4 is 11.8 Å². The summed E-state index contributed by atoms with van der Waals surface area (Å²) in [6.45, 7) is 3.05. The second kappa shape index (κ2) is 6.87. The minimum atomic E-state index is -0.441. The predicted molar refractivity (Wildman–Crippen MR) is 92.3 cm³/mol. The molecule has 0 aromatic carbocycles. The monoisotopic (exact) mass is 355 g/mol. The largest absolute Gasteiger partial charge is 0.378 e. The molecule has 0 aliphatic carbocycles. The van der Waals surface area contributed by atoms with E-state index in [0.717, 1.165) is 11.3 Å². The lowest BCUT2D eigenvalue weighted by molar-refractivity contribution is -0.137. The van der Waals surface area contributed by atoms with E-state index in [-0.39, 0.29) is 11.8 Å². The van der Waals surface area contributed by atoms with Crippen LogP contribution in [0.25, 0.3) is 0 Å². The fourth-order valence-electron chi connectivity index (χ4n) is 3.58. The van der Waals surface area contributed by atoms with Crippen molar-refractivity contribution < 1.29 is 14.3 Å². The third-order valence-electron chi connectivity index (χ3n) is 4.87. The zero-order valence-electron chi connectivity index (χ0n) is 14.7. The number of pyridine rings is 1. The molecule has 1 saturated heterocycles. The van der Waals surface area contributed by atoms with Crippen LogP contribution in [0.5, 0.6) is 0 Å². The third kappa shape index (κ3) is 3.08. The number of carbonyl (C=O) groups is 2. The van der Waals surface area contributed by atoms with Crippen molar-refractivity contribution in [3.63, 3.8) is 0 Å². The summed E-state index contributed by atoms with van der Waals surface area (Å²) in [5.41, 5.74) is 2.28. The minimum Gasteiger partial charge on any atom is -0.378 e. The molecule has 2 aliphatic rings. The predicted octanol–water partition coefficient (Wildman–Crippen LogP) is 0.413. The van der Waals surface area contributed by atoms with Crippen LogP contribution in [0.3, 0.4) is 0 Å². The molecule has 8 nitrogen and oxygen atoms in total. The van der Waals surface area contributed by atoms with Crippen LogP contribution in [0.2, 0.25) is 0 Å². The van der Waals surface area contributed by atoms with Gasteiger partial charge in [0.15, 0.2) is 0 Å². The SMILES string of the molecule is Cn1cc2c(n1)[C@H](C(=O)N1CCOCC1)CN(C(=O)c1ccncc1)C2. The second-order valence-electron chi connectivity index (χ2n) is 6.63. The molecule has 2 aliphatic heterocycles. The summed E-state index contributed by atoms with van der Waals surface area (Å²) in [5, 5.41) is 4.51. The Hall–Kier alpha value is -2.74. The normalized spacial score (nSPS) is 20.0. The first kappa shape index (κ1) is 16.7. The number of amides is 2. The van der Waals surface area contributed by atoms with Gasteiger partial charge in [-0.05, 0) is 12.1 Å². The molecule has 26 heavy (non-hydrogen) atoms. The molecule has 2 aromatic heterocycles. The lowest BCUT2D eigenvalue weighted by Crippen LogP contribution is -2.48. The Morgan fingerprint density at radius 2 is 1.88 bits per heavy atom. The molecule has 136 valence electrons. The first-order valence-corrected chi connectivity index (χ1v) is 8.71. The van der Waals surface area contributed by atoms with E-state index >= 15 is 0 Å². The van der Waals surface area contributed by atoms with Crippen molar-refractivity contribution in [2.75, 3.05) is 32.8 Å². The highest BCUT2D eigenvalue weighted by atomic mass is 16.5. The Bertz CT molecular complexity index is 813. The van der Waals surface area contributed by atoms with E-state index in [1.807, 2.05) is 18.1 Å².